The van der Waals surface area contributed by atoms with E-state index >= 15 is 0 Å². The Morgan fingerprint density at radius 1 is 0.789 bits per heavy atom. The maximum atomic E-state index is 4.96. The molecular weight excluding hydrogens is 499 g/mol. The van der Waals surface area contributed by atoms with Gasteiger partial charge in [0.2, 0.25) is 0 Å². The molecule has 192 valence electrons. The predicted octanol–water partition coefficient (Wildman–Crippen LogP) is 11.1. The van der Waals surface area contributed by atoms with Crippen molar-refractivity contribution >= 4 is 53.6 Å². The minimum absolute atomic E-state index is 0.0444. The molecule has 6 aromatic rings. The van der Waals surface area contributed by atoms with E-state index in [-0.39, 0.29) is 5.41 Å². The second kappa shape index (κ2) is 9.32. The van der Waals surface area contributed by atoms with Gasteiger partial charge in [-0.2, -0.15) is 0 Å². The number of aromatic nitrogens is 1. The molecule has 0 spiro atoms. The lowest BCUT2D eigenvalue weighted by Crippen LogP contribution is -2.12. The largest absolute Gasteiger partial charge is 0.255 e. The van der Waals surface area contributed by atoms with Crippen LogP contribution >= 0.6 is 22.7 Å². The highest BCUT2D eigenvalue weighted by molar-refractivity contribution is 7.23. The smallest absolute Gasteiger partial charge is 0.0880 e. The Balaban J connectivity index is 1.52. The van der Waals surface area contributed by atoms with Crippen LogP contribution in [0, 0.1) is 19.8 Å². The van der Waals surface area contributed by atoms with Gasteiger partial charge in [0.05, 0.1) is 10.4 Å². The average molecular weight is 534 g/mol. The summed E-state index contributed by atoms with van der Waals surface area (Å²) in [6.45, 7) is 16.1. The second-order valence-electron chi connectivity index (χ2n) is 12.0. The molecule has 3 aromatic carbocycles. The number of aryl methyl sites for hydroxylation is 2. The summed E-state index contributed by atoms with van der Waals surface area (Å²) in [6, 6.07) is 22.7. The molecule has 3 aromatic heterocycles. The SMILES string of the molecule is Cc1c(CC(C)C)sc2cc(-c3sc4c(-c5cc(C(C)(C)C)c6ccccc6c5)nccc4c3C)ccc12. The summed E-state index contributed by atoms with van der Waals surface area (Å²) in [5.74, 6) is 0.672. The fourth-order valence-electron chi connectivity index (χ4n) is 5.68. The summed E-state index contributed by atoms with van der Waals surface area (Å²) < 4.78 is 2.67. The Morgan fingerprint density at radius 2 is 1.58 bits per heavy atom. The van der Waals surface area contributed by atoms with Gasteiger partial charge >= 0.3 is 0 Å². The average Bonchev–Trinajstić information content (AvgIpc) is 3.38. The molecule has 0 aliphatic rings. The molecule has 3 heteroatoms. The van der Waals surface area contributed by atoms with Crippen LogP contribution in [0.1, 0.15) is 56.2 Å². The van der Waals surface area contributed by atoms with Gasteiger partial charge in [0, 0.05) is 26.2 Å². The van der Waals surface area contributed by atoms with Crippen molar-refractivity contribution in [1.82, 2.24) is 4.98 Å². The zero-order valence-corrected chi connectivity index (χ0v) is 25.0. The number of fused-ring (bicyclic) bond motifs is 3. The maximum Gasteiger partial charge on any atom is 0.0880 e. The first kappa shape index (κ1) is 25.3. The Morgan fingerprint density at radius 3 is 2.34 bits per heavy atom. The highest BCUT2D eigenvalue weighted by atomic mass is 32.1. The molecule has 0 aliphatic heterocycles. The molecule has 0 atom stereocenters. The van der Waals surface area contributed by atoms with E-state index in [0.717, 1.165) is 12.1 Å². The van der Waals surface area contributed by atoms with Crippen molar-refractivity contribution in [3.8, 4) is 21.7 Å². The molecule has 0 aliphatic carbocycles. The van der Waals surface area contributed by atoms with E-state index in [9.17, 15) is 0 Å². The highest BCUT2D eigenvalue weighted by Crippen LogP contribution is 2.45. The van der Waals surface area contributed by atoms with E-state index in [2.05, 4.69) is 109 Å². The molecule has 0 amide bonds. The van der Waals surface area contributed by atoms with Crippen molar-refractivity contribution < 1.29 is 0 Å². The third-order valence-corrected chi connectivity index (χ3v) is 10.3. The first-order valence-electron chi connectivity index (χ1n) is 13.6. The van der Waals surface area contributed by atoms with Gasteiger partial charge in [-0.3, -0.25) is 4.98 Å². The molecule has 0 unspecified atom stereocenters. The topological polar surface area (TPSA) is 12.9 Å². The number of pyridine rings is 1. The molecule has 0 radical (unpaired) electrons. The minimum Gasteiger partial charge on any atom is -0.255 e. The summed E-state index contributed by atoms with van der Waals surface area (Å²) in [6.07, 6.45) is 3.14. The van der Waals surface area contributed by atoms with E-state index in [1.807, 2.05) is 28.9 Å². The van der Waals surface area contributed by atoms with Crippen molar-refractivity contribution in [2.75, 3.05) is 0 Å². The Kier molecular flexibility index (Phi) is 6.20. The van der Waals surface area contributed by atoms with Crippen molar-refractivity contribution in [3.05, 3.63) is 88.4 Å². The van der Waals surface area contributed by atoms with Gasteiger partial charge in [-0.15, -0.1) is 22.7 Å². The van der Waals surface area contributed by atoms with Crippen LogP contribution in [0.3, 0.4) is 0 Å². The number of benzene rings is 3. The summed E-state index contributed by atoms with van der Waals surface area (Å²) in [4.78, 5) is 7.84. The van der Waals surface area contributed by atoms with Crippen molar-refractivity contribution in [3.63, 3.8) is 0 Å². The first-order valence-corrected chi connectivity index (χ1v) is 15.2. The van der Waals surface area contributed by atoms with Gasteiger partial charge in [0.25, 0.3) is 0 Å². The standard InChI is InChI=1S/C35H35NS2/c1-20(2)16-30-21(3)26-13-12-24(19-31(26)37-30)33-22(4)27-14-15-36-32(34(27)38-33)25-17-23-10-8-9-11-28(23)29(18-25)35(5,6)7/h8-15,17-20H,16H2,1-7H3. The van der Waals surface area contributed by atoms with Crippen LogP contribution in [0.25, 0.3) is 52.6 Å². The van der Waals surface area contributed by atoms with E-state index in [1.54, 1.807) is 0 Å². The van der Waals surface area contributed by atoms with Gasteiger partial charge in [0.1, 0.15) is 0 Å². The third kappa shape index (κ3) is 4.26. The number of hydrogen-bond donors (Lipinski definition) is 0. The molecule has 0 fully saturated rings. The van der Waals surface area contributed by atoms with Crippen LogP contribution in [0.4, 0.5) is 0 Å². The molecular formula is C35H35NS2. The number of nitrogens with zero attached hydrogens (tertiary/aromatic N) is 1. The van der Waals surface area contributed by atoms with Gasteiger partial charge in [-0.05, 0) is 99.7 Å². The molecule has 6 rings (SSSR count). The molecule has 0 saturated carbocycles. The molecule has 1 nitrogen and oxygen atoms in total. The second-order valence-corrected chi connectivity index (χ2v) is 14.2. The monoisotopic (exact) mass is 533 g/mol. The van der Waals surface area contributed by atoms with Crippen LogP contribution in [-0.2, 0) is 11.8 Å². The summed E-state index contributed by atoms with van der Waals surface area (Å²) in [5, 5.41) is 5.32. The number of rotatable bonds is 4. The van der Waals surface area contributed by atoms with Crippen LogP contribution in [-0.4, -0.2) is 4.98 Å². The zero-order valence-electron chi connectivity index (χ0n) is 23.4. The normalized spacial score (nSPS) is 12.4. The zero-order chi connectivity index (χ0) is 26.8. The Bertz CT molecular complexity index is 1820. The molecule has 38 heavy (non-hydrogen) atoms. The van der Waals surface area contributed by atoms with Crippen molar-refractivity contribution in [2.45, 2.75) is 60.3 Å². The van der Waals surface area contributed by atoms with Crippen LogP contribution < -0.4 is 0 Å². The van der Waals surface area contributed by atoms with Crippen LogP contribution in [0.15, 0.2) is 66.9 Å². The van der Waals surface area contributed by atoms with Crippen LogP contribution in [0.5, 0.6) is 0 Å². The highest BCUT2D eigenvalue weighted by Gasteiger charge is 2.21. The molecule has 3 heterocycles. The predicted molar refractivity (Wildman–Crippen MR) is 170 cm³/mol. The molecule has 0 bridgehead atoms. The maximum absolute atomic E-state index is 4.96. The van der Waals surface area contributed by atoms with Gasteiger partial charge in [-0.25, -0.2) is 0 Å². The van der Waals surface area contributed by atoms with E-state index in [1.165, 1.54) is 68.5 Å². The number of thiophene rings is 2. The third-order valence-electron chi connectivity index (χ3n) is 7.69. The van der Waals surface area contributed by atoms with Gasteiger partial charge in [0.15, 0.2) is 0 Å². The van der Waals surface area contributed by atoms with Crippen molar-refractivity contribution in [2.24, 2.45) is 5.92 Å². The lowest BCUT2D eigenvalue weighted by atomic mass is 9.82. The minimum atomic E-state index is 0.0444. The van der Waals surface area contributed by atoms with E-state index in [4.69, 9.17) is 4.98 Å². The summed E-state index contributed by atoms with van der Waals surface area (Å²) in [5.41, 5.74) is 7.82. The summed E-state index contributed by atoms with van der Waals surface area (Å²) >= 11 is 3.86. The fraction of sp³-hybridized carbons (Fsp3) is 0.286. The fourth-order valence-corrected chi connectivity index (χ4v) is 8.45. The lowest BCUT2D eigenvalue weighted by molar-refractivity contribution is 0.596. The Hall–Kier alpha value is -3.01. The quantitative estimate of drug-likeness (QED) is 0.220. The van der Waals surface area contributed by atoms with Crippen molar-refractivity contribution in [1.29, 1.82) is 0 Å². The molecule has 0 N–H and O–H groups in total. The van der Waals surface area contributed by atoms with E-state index < -0.39 is 0 Å². The molecule has 0 saturated heterocycles. The van der Waals surface area contributed by atoms with Crippen LogP contribution in [0.2, 0.25) is 0 Å². The first-order chi connectivity index (χ1) is 18.1. The van der Waals surface area contributed by atoms with Gasteiger partial charge < -0.3 is 0 Å². The number of hydrogen-bond acceptors (Lipinski definition) is 3. The van der Waals surface area contributed by atoms with E-state index in [0.29, 0.717) is 5.92 Å². The summed E-state index contributed by atoms with van der Waals surface area (Å²) in [7, 11) is 0. The van der Waals surface area contributed by atoms with Gasteiger partial charge in [-0.1, -0.05) is 71.0 Å². The lowest BCUT2D eigenvalue weighted by Gasteiger charge is -2.22. The Labute approximate surface area is 234 Å².